The molecule has 1 unspecified atom stereocenters. The van der Waals surface area contributed by atoms with E-state index in [-0.39, 0.29) is 6.10 Å². The summed E-state index contributed by atoms with van der Waals surface area (Å²) in [7, 11) is 0. The number of nitrogens with two attached hydrogens (primary N) is 1. The first kappa shape index (κ1) is 12.0. The smallest absolute Gasteiger partial charge is 0.107 e. The van der Waals surface area contributed by atoms with E-state index in [9.17, 15) is 0 Å². The van der Waals surface area contributed by atoms with Crippen molar-refractivity contribution in [2.75, 3.05) is 26.2 Å². The fourth-order valence-corrected chi connectivity index (χ4v) is 2.84. The molecule has 0 radical (unpaired) electrons. The van der Waals surface area contributed by atoms with Crippen molar-refractivity contribution in [2.24, 2.45) is 5.73 Å². The van der Waals surface area contributed by atoms with E-state index in [1.54, 1.807) is 11.3 Å². The first-order chi connectivity index (χ1) is 7.69. The normalized spacial score (nSPS) is 22.6. The SMILES string of the molecule is Cc1nc(CN2CCOC(CN)C2)sc1C. The minimum Gasteiger partial charge on any atom is -0.374 e. The number of aromatic nitrogens is 1. The van der Waals surface area contributed by atoms with E-state index in [0.717, 1.165) is 31.9 Å². The summed E-state index contributed by atoms with van der Waals surface area (Å²) in [6.45, 7) is 8.41. The van der Waals surface area contributed by atoms with Crippen LogP contribution in [-0.4, -0.2) is 42.2 Å². The minimum absolute atomic E-state index is 0.191. The van der Waals surface area contributed by atoms with Gasteiger partial charge in [-0.2, -0.15) is 0 Å². The third kappa shape index (κ3) is 2.79. The van der Waals surface area contributed by atoms with E-state index >= 15 is 0 Å². The lowest BCUT2D eigenvalue weighted by atomic mass is 10.3. The molecule has 4 nitrogen and oxygen atoms in total. The number of aryl methyl sites for hydroxylation is 2. The molecule has 1 atom stereocenters. The van der Waals surface area contributed by atoms with E-state index < -0.39 is 0 Å². The van der Waals surface area contributed by atoms with Crippen LogP contribution in [0, 0.1) is 13.8 Å². The molecule has 1 aliphatic rings. The van der Waals surface area contributed by atoms with Crippen LogP contribution in [0.25, 0.3) is 0 Å². The van der Waals surface area contributed by atoms with Crippen LogP contribution in [-0.2, 0) is 11.3 Å². The molecule has 1 fully saturated rings. The van der Waals surface area contributed by atoms with Crippen molar-refractivity contribution in [3.05, 3.63) is 15.6 Å². The molecular weight excluding hydrogens is 222 g/mol. The van der Waals surface area contributed by atoms with Gasteiger partial charge >= 0.3 is 0 Å². The Labute approximate surface area is 100 Å². The van der Waals surface area contributed by atoms with Crippen molar-refractivity contribution >= 4 is 11.3 Å². The van der Waals surface area contributed by atoms with Gasteiger partial charge in [0.25, 0.3) is 0 Å². The number of hydrogen-bond donors (Lipinski definition) is 1. The molecular formula is C11H19N3OS. The average Bonchev–Trinajstić information content (AvgIpc) is 2.58. The van der Waals surface area contributed by atoms with Gasteiger partial charge in [-0.25, -0.2) is 4.98 Å². The number of morpholine rings is 1. The minimum atomic E-state index is 0.191. The maximum Gasteiger partial charge on any atom is 0.107 e. The molecule has 1 aromatic heterocycles. The third-order valence-electron chi connectivity index (χ3n) is 2.92. The molecule has 0 aromatic carbocycles. The Bertz CT molecular complexity index is 333. The first-order valence-electron chi connectivity index (χ1n) is 5.66. The van der Waals surface area contributed by atoms with Crippen LogP contribution >= 0.6 is 11.3 Å². The summed E-state index contributed by atoms with van der Waals surface area (Å²) in [5.41, 5.74) is 6.78. The van der Waals surface area contributed by atoms with Crippen LogP contribution in [0.1, 0.15) is 15.6 Å². The van der Waals surface area contributed by atoms with Crippen LogP contribution in [0.5, 0.6) is 0 Å². The summed E-state index contributed by atoms with van der Waals surface area (Å²) in [6.07, 6.45) is 0.191. The molecule has 90 valence electrons. The van der Waals surface area contributed by atoms with Gasteiger partial charge in [0.2, 0.25) is 0 Å². The Hall–Kier alpha value is -0.490. The number of ether oxygens (including phenoxy) is 1. The quantitative estimate of drug-likeness (QED) is 0.855. The zero-order chi connectivity index (χ0) is 11.5. The highest BCUT2D eigenvalue weighted by molar-refractivity contribution is 7.11. The predicted octanol–water partition coefficient (Wildman–Crippen LogP) is 0.919. The van der Waals surface area contributed by atoms with Crippen molar-refractivity contribution in [2.45, 2.75) is 26.5 Å². The van der Waals surface area contributed by atoms with Gasteiger partial charge < -0.3 is 10.5 Å². The van der Waals surface area contributed by atoms with Gasteiger partial charge in [0.05, 0.1) is 24.9 Å². The van der Waals surface area contributed by atoms with Crippen molar-refractivity contribution in [1.82, 2.24) is 9.88 Å². The molecule has 0 aliphatic carbocycles. The fourth-order valence-electron chi connectivity index (χ4n) is 1.86. The number of nitrogens with zero attached hydrogens (tertiary/aromatic N) is 2. The molecule has 1 saturated heterocycles. The highest BCUT2D eigenvalue weighted by Gasteiger charge is 2.20. The monoisotopic (exact) mass is 241 g/mol. The fraction of sp³-hybridized carbons (Fsp3) is 0.727. The van der Waals surface area contributed by atoms with Gasteiger partial charge in [0.15, 0.2) is 0 Å². The van der Waals surface area contributed by atoms with Crippen molar-refractivity contribution in [1.29, 1.82) is 0 Å². The number of hydrogen-bond acceptors (Lipinski definition) is 5. The van der Waals surface area contributed by atoms with Crippen LogP contribution in [0.3, 0.4) is 0 Å². The molecule has 0 bridgehead atoms. The zero-order valence-corrected chi connectivity index (χ0v) is 10.7. The molecule has 2 rings (SSSR count). The Balaban J connectivity index is 1.93. The Morgan fingerprint density at radius 2 is 2.38 bits per heavy atom. The molecule has 1 aromatic rings. The Morgan fingerprint density at radius 3 is 3.00 bits per heavy atom. The van der Waals surface area contributed by atoms with E-state index in [1.165, 1.54) is 9.88 Å². The molecule has 0 spiro atoms. The molecule has 0 saturated carbocycles. The molecule has 2 heterocycles. The molecule has 0 amide bonds. The summed E-state index contributed by atoms with van der Waals surface area (Å²) in [6, 6.07) is 0. The topological polar surface area (TPSA) is 51.4 Å². The first-order valence-corrected chi connectivity index (χ1v) is 6.47. The van der Waals surface area contributed by atoms with Crippen LogP contribution < -0.4 is 5.73 Å². The van der Waals surface area contributed by atoms with Crippen molar-refractivity contribution in [3.63, 3.8) is 0 Å². The predicted molar refractivity (Wildman–Crippen MR) is 65.7 cm³/mol. The van der Waals surface area contributed by atoms with Gasteiger partial charge in [-0.3, -0.25) is 4.90 Å². The van der Waals surface area contributed by atoms with E-state index in [0.29, 0.717) is 6.54 Å². The molecule has 1 aliphatic heterocycles. The van der Waals surface area contributed by atoms with E-state index in [2.05, 4.69) is 23.7 Å². The largest absolute Gasteiger partial charge is 0.374 e. The highest BCUT2D eigenvalue weighted by atomic mass is 32.1. The van der Waals surface area contributed by atoms with Gasteiger partial charge in [-0.1, -0.05) is 0 Å². The van der Waals surface area contributed by atoms with Crippen molar-refractivity contribution in [3.8, 4) is 0 Å². The summed E-state index contributed by atoms with van der Waals surface area (Å²) < 4.78 is 5.54. The highest BCUT2D eigenvalue weighted by Crippen LogP contribution is 2.19. The second-order valence-corrected chi connectivity index (χ2v) is 5.50. The lowest BCUT2D eigenvalue weighted by Crippen LogP contribution is -2.45. The Kier molecular flexibility index (Phi) is 3.91. The van der Waals surface area contributed by atoms with E-state index in [1.807, 2.05) is 0 Å². The maximum atomic E-state index is 5.62. The molecule has 2 N–H and O–H groups in total. The second-order valence-electron chi connectivity index (χ2n) is 4.21. The zero-order valence-electron chi connectivity index (χ0n) is 9.90. The lowest BCUT2D eigenvalue weighted by Gasteiger charge is -2.31. The summed E-state index contributed by atoms with van der Waals surface area (Å²) >= 11 is 1.79. The van der Waals surface area contributed by atoms with E-state index in [4.69, 9.17) is 10.5 Å². The van der Waals surface area contributed by atoms with Gasteiger partial charge in [0, 0.05) is 24.5 Å². The average molecular weight is 241 g/mol. The van der Waals surface area contributed by atoms with Gasteiger partial charge in [-0.15, -0.1) is 11.3 Å². The number of thiazole rings is 1. The van der Waals surface area contributed by atoms with Crippen LogP contribution in [0.2, 0.25) is 0 Å². The Morgan fingerprint density at radius 1 is 1.56 bits per heavy atom. The summed E-state index contributed by atoms with van der Waals surface area (Å²) in [5.74, 6) is 0. The molecule has 5 heteroatoms. The third-order valence-corrected chi connectivity index (χ3v) is 3.98. The van der Waals surface area contributed by atoms with Crippen LogP contribution in [0.4, 0.5) is 0 Å². The second kappa shape index (κ2) is 5.23. The standard InChI is InChI=1S/C11H19N3OS/c1-8-9(2)16-11(13-8)7-14-3-4-15-10(5-12)6-14/h10H,3-7,12H2,1-2H3. The van der Waals surface area contributed by atoms with Crippen LogP contribution in [0.15, 0.2) is 0 Å². The van der Waals surface area contributed by atoms with Gasteiger partial charge in [-0.05, 0) is 13.8 Å². The maximum absolute atomic E-state index is 5.62. The summed E-state index contributed by atoms with van der Waals surface area (Å²) in [4.78, 5) is 8.25. The summed E-state index contributed by atoms with van der Waals surface area (Å²) in [5, 5.41) is 1.20. The molecule has 16 heavy (non-hydrogen) atoms. The van der Waals surface area contributed by atoms with Gasteiger partial charge in [0.1, 0.15) is 5.01 Å². The number of rotatable bonds is 3. The van der Waals surface area contributed by atoms with Crippen molar-refractivity contribution < 1.29 is 4.74 Å². The lowest BCUT2D eigenvalue weighted by molar-refractivity contribution is -0.0260.